The first-order chi connectivity index (χ1) is 12.5. The standard InChI is InChI=1S/C19H16Br2N4O/c1-12-15(20)8-13(9-16(12)21)10-24-25-19(26)11-23-18-6-2-5-17-14(18)4-3-7-22-17/h2-10,23H,11H2,1H3,(H,25,26)/b24-10+. The van der Waals surface area contributed by atoms with Gasteiger partial charge in [-0.05, 0) is 54.4 Å². The second kappa shape index (κ2) is 8.42. The highest BCUT2D eigenvalue weighted by molar-refractivity contribution is 9.11. The number of halogens is 2. The molecule has 132 valence electrons. The van der Waals surface area contributed by atoms with Crippen molar-refractivity contribution in [3.05, 3.63) is 68.7 Å². The summed E-state index contributed by atoms with van der Waals surface area (Å²) in [5, 5.41) is 8.10. The number of carbonyl (C=O) groups excluding carboxylic acids is 1. The van der Waals surface area contributed by atoms with Crippen molar-refractivity contribution >= 4 is 60.6 Å². The van der Waals surface area contributed by atoms with Crippen molar-refractivity contribution in [1.82, 2.24) is 10.4 Å². The fourth-order valence-electron chi connectivity index (χ4n) is 2.39. The normalized spacial score (nSPS) is 11.0. The number of amides is 1. The van der Waals surface area contributed by atoms with E-state index >= 15 is 0 Å². The number of hydrogen-bond acceptors (Lipinski definition) is 4. The fraction of sp³-hybridized carbons (Fsp3) is 0.105. The van der Waals surface area contributed by atoms with Crippen LogP contribution >= 0.6 is 31.9 Å². The van der Waals surface area contributed by atoms with Gasteiger partial charge in [0.15, 0.2) is 0 Å². The van der Waals surface area contributed by atoms with E-state index in [1.54, 1.807) is 12.4 Å². The van der Waals surface area contributed by atoms with Gasteiger partial charge >= 0.3 is 0 Å². The van der Waals surface area contributed by atoms with Gasteiger partial charge in [0.25, 0.3) is 5.91 Å². The summed E-state index contributed by atoms with van der Waals surface area (Å²) >= 11 is 6.99. The molecule has 0 saturated heterocycles. The van der Waals surface area contributed by atoms with Gasteiger partial charge in [-0.3, -0.25) is 9.78 Å². The number of hydrogen-bond donors (Lipinski definition) is 2. The molecule has 1 heterocycles. The van der Waals surface area contributed by atoms with Crippen LogP contribution in [0.15, 0.2) is 62.7 Å². The number of nitrogens with one attached hydrogen (secondary N) is 2. The molecule has 0 aliphatic heterocycles. The average Bonchev–Trinajstić information content (AvgIpc) is 2.64. The molecule has 0 aliphatic carbocycles. The van der Waals surface area contributed by atoms with Gasteiger partial charge in [-0.15, -0.1) is 0 Å². The van der Waals surface area contributed by atoms with E-state index in [1.807, 2.05) is 49.4 Å². The topological polar surface area (TPSA) is 66.4 Å². The minimum Gasteiger partial charge on any atom is -0.376 e. The SMILES string of the molecule is Cc1c(Br)cc(/C=N/NC(=O)CNc2cccc3ncccc23)cc1Br. The number of fused-ring (bicyclic) bond motifs is 1. The lowest BCUT2D eigenvalue weighted by Gasteiger charge is -2.08. The minimum atomic E-state index is -0.229. The predicted octanol–water partition coefficient (Wildman–Crippen LogP) is 4.63. The van der Waals surface area contributed by atoms with Crippen LogP contribution in [0.1, 0.15) is 11.1 Å². The molecule has 0 spiro atoms. The number of benzene rings is 2. The Bertz CT molecular complexity index is 960. The van der Waals surface area contributed by atoms with Gasteiger partial charge in [0, 0.05) is 26.2 Å². The summed E-state index contributed by atoms with van der Waals surface area (Å²) in [4.78, 5) is 16.3. The summed E-state index contributed by atoms with van der Waals surface area (Å²) in [5.41, 5.74) is 6.26. The molecule has 7 heteroatoms. The summed E-state index contributed by atoms with van der Waals surface area (Å²) in [7, 11) is 0. The molecule has 3 rings (SSSR count). The van der Waals surface area contributed by atoms with E-state index < -0.39 is 0 Å². The van der Waals surface area contributed by atoms with Gasteiger partial charge < -0.3 is 5.32 Å². The molecular weight excluding hydrogens is 460 g/mol. The lowest BCUT2D eigenvalue weighted by molar-refractivity contribution is -0.119. The van der Waals surface area contributed by atoms with Gasteiger partial charge in [-0.2, -0.15) is 5.10 Å². The molecule has 0 atom stereocenters. The first-order valence-corrected chi connectivity index (χ1v) is 9.48. The predicted molar refractivity (Wildman–Crippen MR) is 113 cm³/mol. The van der Waals surface area contributed by atoms with E-state index in [2.05, 4.69) is 52.7 Å². The summed E-state index contributed by atoms with van der Waals surface area (Å²) in [6.45, 7) is 2.12. The Balaban J connectivity index is 1.59. The number of aromatic nitrogens is 1. The number of hydrazone groups is 1. The molecule has 26 heavy (non-hydrogen) atoms. The summed E-state index contributed by atoms with van der Waals surface area (Å²) in [6.07, 6.45) is 3.35. The van der Waals surface area contributed by atoms with Gasteiger partial charge in [-0.25, -0.2) is 5.43 Å². The lowest BCUT2D eigenvalue weighted by atomic mass is 10.2. The molecule has 0 radical (unpaired) electrons. The molecular formula is C19H16Br2N4O. The second-order valence-electron chi connectivity index (χ2n) is 5.63. The highest BCUT2D eigenvalue weighted by atomic mass is 79.9. The minimum absolute atomic E-state index is 0.118. The quantitative estimate of drug-likeness (QED) is 0.417. The molecule has 0 bridgehead atoms. The van der Waals surface area contributed by atoms with Crippen LogP contribution in [0.25, 0.3) is 10.9 Å². The number of anilines is 1. The average molecular weight is 476 g/mol. The van der Waals surface area contributed by atoms with Crippen molar-refractivity contribution in [2.45, 2.75) is 6.92 Å². The second-order valence-corrected chi connectivity index (χ2v) is 7.34. The zero-order chi connectivity index (χ0) is 18.5. The Hall–Kier alpha value is -2.25. The van der Waals surface area contributed by atoms with Crippen LogP contribution in [0.3, 0.4) is 0 Å². The van der Waals surface area contributed by atoms with Crippen LogP contribution in [0.4, 0.5) is 5.69 Å². The maximum absolute atomic E-state index is 12.0. The molecule has 0 saturated carbocycles. The van der Waals surface area contributed by atoms with Crippen molar-refractivity contribution < 1.29 is 4.79 Å². The first-order valence-electron chi connectivity index (χ1n) is 7.90. The van der Waals surface area contributed by atoms with Crippen LogP contribution in [0, 0.1) is 6.92 Å². The molecule has 0 unspecified atom stereocenters. The molecule has 0 fully saturated rings. The third-order valence-corrected chi connectivity index (χ3v) is 5.44. The Morgan fingerprint density at radius 3 is 2.73 bits per heavy atom. The summed E-state index contributed by atoms with van der Waals surface area (Å²) in [6, 6.07) is 13.5. The van der Waals surface area contributed by atoms with Crippen LogP contribution in [0.5, 0.6) is 0 Å². The lowest BCUT2D eigenvalue weighted by Crippen LogP contribution is -2.25. The number of nitrogens with zero attached hydrogens (tertiary/aromatic N) is 2. The number of rotatable bonds is 5. The summed E-state index contributed by atoms with van der Waals surface area (Å²) in [5.74, 6) is -0.229. The van der Waals surface area contributed by atoms with Crippen LogP contribution in [-0.2, 0) is 4.79 Å². The van der Waals surface area contributed by atoms with E-state index in [0.29, 0.717) is 0 Å². The molecule has 0 aliphatic rings. The fourth-order valence-corrected chi connectivity index (χ4v) is 3.61. The number of carbonyl (C=O) groups is 1. The van der Waals surface area contributed by atoms with Crippen molar-refractivity contribution in [2.24, 2.45) is 5.10 Å². The van der Waals surface area contributed by atoms with Crippen LogP contribution in [-0.4, -0.2) is 23.7 Å². The third kappa shape index (κ3) is 4.47. The van der Waals surface area contributed by atoms with Gasteiger partial charge in [0.2, 0.25) is 0 Å². The molecule has 3 aromatic rings. The first kappa shape index (κ1) is 18.5. The van der Waals surface area contributed by atoms with Crippen molar-refractivity contribution in [1.29, 1.82) is 0 Å². The van der Waals surface area contributed by atoms with Crippen LogP contribution < -0.4 is 10.7 Å². The molecule has 1 amide bonds. The van der Waals surface area contributed by atoms with Gasteiger partial charge in [0.1, 0.15) is 0 Å². The highest BCUT2D eigenvalue weighted by Gasteiger charge is 2.04. The Morgan fingerprint density at radius 1 is 1.19 bits per heavy atom. The van der Waals surface area contributed by atoms with Gasteiger partial charge in [-0.1, -0.05) is 37.9 Å². The van der Waals surface area contributed by atoms with Gasteiger partial charge in [0.05, 0.1) is 18.3 Å². The third-order valence-electron chi connectivity index (χ3n) is 3.79. The maximum atomic E-state index is 12.0. The Labute approximate surface area is 168 Å². The largest absolute Gasteiger partial charge is 0.376 e. The summed E-state index contributed by atoms with van der Waals surface area (Å²) < 4.78 is 1.96. The Morgan fingerprint density at radius 2 is 1.96 bits per heavy atom. The van der Waals surface area contributed by atoms with E-state index in [9.17, 15) is 4.79 Å². The monoisotopic (exact) mass is 474 g/mol. The molecule has 5 nitrogen and oxygen atoms in total. The van der Waals surface area contributed by atoms with E-state index in [4.69, 9.17) is 0 Å². The van der Waals surface area contributed by atoms with Crippen molar-refractivity contribution in [2.75, 3.05) is 11.9 Å². The zero-order valence-electron chi connectivity index (χ0n) is 14.0. The maximum Gasteiger partial charge on any atom is 0.259 e. The number of pyridine rings is 1. The highest BCUT2D eigenvalue weighted by Crippen LogP contribution is 2.25. The van der Waals surface area contributed by atoms with E-state index in [-0.39, 0.29) is 12.5 Å². The van der Waals surface area contributed by atoms with Crippen LogP contribution in [0.2, 0.25) is 0 Å². The zero-order valence-corrected chi connectivity index (χ0v) is 17.1. The van der Waals surface area contributed by atoms with Crippen molar-refractivity contribution in [3.8, 4) is 0 Å². The smallest absolute Gasteiger partial charge is 0.259 e. The molecule has 2 N–H and O–H groups in total. The molecule has 2 aromatic carbocycles. The van der Waals surface area contributed by atoms with E-state index in [1.165, 1.54) is 0 Å². The van der Waals surface area contributed by atoms with Crippen molar-refractivity contribution in [3.63, 3.8) is 0 Å². The Kier molecular flexibility index (Phi) is 6.00. The molecule has 1 aromatic heterocycles. The van der Waals surface area contributed by atoms with E-state index in [0.717, 1.165) is 36.7 Å².